The maximum atomic E-state index is 12.2. The molecule has 0 fully saturated rings. The molecule has 0 radical (unpaired) electrons. The number of carbonyl (C=O) groups is 2. The molecular weight excluding hydrogens is 336 g/mol. The van der Waals surface area contributed by atoms with Crippen molar-refractivity contribution in [2.24, 2.45) is 5.92 Å². The van der Waals surface area contributed by atoms with E-state index in [4.69, 9.17) is 0 Å². The van der Waals surface area contributed by atoms with Crippen LogP contribution in [0.2, 0.25) is 0 Å². The summed E-state index contributed by atoms with van der Waals surface area (Å²) in [6.45, 7) is 9.30. The molecular formula is C18H26N4O2S. The normalized spacial score (nSPS) is 12.4. The van der Waals surface area contributed by atoms with Crippen LogP contribution in [-0.4, -0.2) is 33.3 Å². The van der Waals surface area contributed by atoms with Crippen LogP contribution in [-0.2, 0) is 11.3 Å². The highest BCUT2D eigenvalue weighted by Gasteiger charge is 2.21. The molecule has 3 amide bonds. The van der Waals surface area contributed by atoms with E-state index < -0.39 is 11.3 Å². The van der Waals surface area contributed by atoms with Gasteiger partial charge in [-0.3, -0.25) is 10.1 Å². The first-order chi connectivity index (χ1) is 11.9. The van der Waals surface area contributed by atoms with E-state index in [2.05, 4.69) is 34.0 Å². The van der Waals surface area contributed by atoms with Crippen LogP contribution in [0.5, 0.6) is 0 Å². The lowest BCUT2D eigenvalue weighted by Crippen LogP contribution is -2.42. The summed E-state index contributed by atoms with van der Waals surface area (Å²) in [5.41, 5.74) is 1.99. The number of rotatable bonds is 7. The molecule has 2 rings (SSSR count). The van der Waals surface area contributed by atoms with Crippen LogP contribution in [0.3, 0.4) is 0 Å². The number of fused-ring (bicyclic) bond motifs is 1. The van der Waals surface area contributed by atoms with E-state index in [1.54, 1.807) is 13.8 Å². The maximum absolute atomic E-state index is 12.2. The Balaban J connectivity index is 2.17. The summed E-state index contributed by atoms with van der Waals surface area (Å²) in [7, 11) is 0. The first-order valence-corrected chi connectivity index (χ1v) is 9.51. The average Bonchev–Trinajstić information content (AvgIpc) is 2.90. The van der Waals surface area contributed by atoms with Crippen LogP contribution in [0.25, 0.3) is 11.0 Å². The fourth-order valence-corrected chi connectivity index (χ4v) is 3.33. The quantitative estimate of drug-likeness (QED) is 0.740. The zero-order chi connectivity index (χ0) is 18.4. The van der Waals surface area contributed by atoms with Gasteiger partial charge < -0.3 is 9.88 Å². The number of aromatic nitrogens is 2. The lowest BCUT2D eigenvalue weighted by Gasteiger charge is -2.14. The van der Waals surface area contributed by atoms with Gasteiger partial charge in [0.1, 0.15) is 0 Å². The van der Waals surface area contributed by atoms with Gasteiger partial charge in [0.25, 0.3) is 0 Å². The summed E-state index contributed by atoms with van der Waals surface area (Å²) < 4.78 is 2.16. The van der Waals surface area contributed by atoms with Gasteiger partial charge in [0, 0.05) is 13.1 Å². The number of nitrogens with zero attached hydrogens (tertiary/aromatic N) is 2. The number of para-hydroxylation sites is 2. The number of hydrogen-bond donors (Lipinski definition) is 2. The molecule has 1 heterocycles. The van der Waals surface area contributed by atoms with Crippen molar-refractivity contribution in [2.75, 3.05) is 6.54 Å². The second kappa shape index (κ2) is 8.89. The van der Waals surface area contributed by atoms with E-state index in [0.717, 1.165) is 29.2 Å². The summed E-state index contributed by atoms with van der Waals surface area (Å²) in [6, 6.07) is 7.52. The van der Waals surface area contributed by atoms with Crippen molar-refractivity contribution in [3.63, 3.8) is 0 Å². The molecule has 7 heteroatoms. The Hall–Kier alpha value is -2.02. The molecule has 1 atom stereocenters. The second-order valence-corrected chi connectivity index (χ2v) is 7.63. The molecule has 1 aromatic carbocycles. The molecule has 0 aliphatic heterocycles. The Morgan fingerprint density at radius 3 is 2.64 bits per heavy atom. The topological polar surface area (TPSA) is 76.0 Å². The first kappa shape index (κ1) is 19.3. The highest BCUT2D eigenvalue weighted by molar-refractivity contribution is 8.00. The van der Waals surface area contributed by atoms with Crippen LogP contribution in [0, 0.1) is 5.92 Å². The van der Waals surface area contributed by atoms with E-state index in [1.165, 1.54) is 11.8 Å². The van der Waals surface area contributed by atoms with Crippen LogP contribution in [0.4, 0.5) is 4.79 Å². The zero-order valence-electron chi connectivity index (χ0n) is 15.2. The third kappa shape index (κ3) is 5.22. The van der Waals surface area contributed by atoms with Gasteiger partial charge in [-0.1, -0.05) is 37.7 Å². The number of carbonyl (C=O) groups excluding carboxylic acids is 2. The Morgan fingerprint density at radius 1 is 1.24 bits per heavy atom. The largest absolute Gasteiger partial charge is 0.338 e. The summed E-state index contributed by atoms with van der Waals surface area (Å²) >= 11 is 1.38. The minimum atomic E-state index is -0.465. The minimum absolute atomic E-state index is 0.321. The number of urea groups is 1. The van der Waals surface area contributed by atoms with Crippen molar-refractivity contribution in [3.8, 4) is 0 Å². The van der Waals surface area contributed by atoms with Gasteiger partial charge in [0.05, 0.1) is 16.3 Å². The van der Waals surface area contributed by atoms with E-state index in [-0.39, 0.29) is 5.91 Å². The lowest BCUT2D eigenvalue weighted by atomic mass is 10.1. The number of nitrogens with one attached hydrogen (secondary N) is 2. The fraction of sp³-hybridized carbons (Fsp3) is 0.500. The van der Waals surface area contributed by atoms with E-state index in [1.807, 2.05) is 24.3 Å². The maximum Gasteiger partial charge on any atom is 0.321 e. The zero-order valence-corrected chi connectivity index (χ0v) is 16.0. The predicted molar refractivity (Wildman–Crippen MR) is 102 cm³/mol. The second-order valence-electron chi connectivity index (χ2n) is 6.33. The van der Waals surface area contributed by atoms with Gasteiger partial charge in [0.15, 0.2) is 5.16 Å². The van der Waals surface area contributed by atoms with E-state index >= 15 is 0 Å². The summed E-state index contributed by atoms with van der Waals surface area (Å²) in [5.74, 6) is 0.260. The number of hydrogen-bond acceptors (Lipinski definition) is 4. The Bertz CT molecular complexity index is 742. The molecule has 0 saturated carbocycles. The molecule has 2 aromatic rings. The highest BCUT2D eigenvalue weighted by Crippen LogP contribution is 2.28. The molecule has 0 saturated heterocycles. The van der Waals surface area contributed by atoms with Crippen molar-refractivity contribution >= 4 is 34.7 Å². The molecule has 0 bridgehead atoms. The number of amides is 3. The molecule has 0 aliphatic carbocycles. The minimum Gasteiger partial charge on any atom is -0.338 e. The molecule has 25 heavy (non-hydrogen) atoms. The highest BCUT2D eigenvalue weighted by atomic mass is 32.2. The number of imidazole rings is 1. The van der Waals surface area contributed by atoms with Crippen molar-refractivity contribution in [3.05, 3.63) is 24.3 Å². The smallest absolute Gasteiger partial charge is 0.321 e. The predicted octanol–water partition coefficient (Wildman–Crippen LogP) is 3.41. The van der Waals surface area contributed by atoms with Crippen LogP contribution in [0.1, 0.15) is 34.1 Å². The number of imide groups is 1. The molecule has 0 spiro atoms. The number of benzene rings is 1. The number of thioether (sulfide) groups is 1. The Labute approximate surface area is 152 Å². The summed E-state index contributed by atoms with van der Waals surface area (Å²) in [5, 5.41) is 5.30. The van der Waals surface area contributed by atoms with Gasteiger partial charge in [-0.05, 0) is 38.3 Å². The van der Waals surface area contributed by atoms with Crippen molar-refractivity contribution in [1.82, 2.24) is 20.2 Å². The van der Waals surface area contributed by atoms with Gasteiger partial charge in [-0.25, -0.2) is 9.78 Å². The average molecular weight is 362 g/mol. The van der Waals surface area contributed by atoms with E-state index in [0.29, 0.717) is 12.5 Å². The summed E-state index contributed by atoms with van der Waals surface area (Å²) in [4.78, 5) is 28.4. The standard InChI is InChI=1S/C18H26N4O2S/c1-5-19-17(24)21-16(23)13(4)25-18-20-14-8-6-7-9-15(14)22(18)11-10-12(2)3/h6-9,12-13H,5,10-11H2,1-4H3,(H2,19,21,23,24)/t13-/m0/s1. The third-order valence-corrected chi connectivity index (χ3v) is 4.87. The molecule has 0 unspecified atom stereocenters. The summed E-state index contributed by atoms with van der Waals surface area (Å²) in [6.07, 6.45) is 1.04. The van der Waals surface area contributed by atoms with Gasteiger partial charge in [0.2, 0.25) is 5.91 Å². The van der Waals surface area contributed by atoms with Gasteiger partial charge in [-0.15, -0.1) is 0 Å². The monoisotopic (exact) mass is 362 g/mol. The molecule has 2 N–H and O–H groups in total. The Morgan fingerprint density at radius 2 is 1.96 bits per heavy atom. The van der Waals surface area contributed by atoms with Crippen molar-refractivity contribution in [2.45, 2.75) is 51.1 Å². The lowest BCUT2D eigenvalue weighted by molar-refractivity contribution is -0.119. The Kier molecular flexibility index (Phi) is 6.87. The molecule has 0 aliphatic rings. The third-order valence-electron chi connectivity index (χ3n) is 3.78. The molecule has 1 aromatic heterocycles. The van der Waals surface area contributed by atoms with Crippen LogP contribution >= 0.6 is 11.8 Å². The number of aryl methyl sites for hydroxylation is 1. The molecule has 6 nitrogen and oxygen atoms in total. The van der Waals surface area contributed by atoms with Crippen LogP contribution in [0.15, 0.2) is 29.4 Å². The van der Waals surface area contributed by atoms with Crippen LogP contribution < -0.4 is 10.6 Å². The first-order valence-electron chi connectivity index (χ1n) is 8.63. The molecule has 136 valence electrons. The van der Waals surface area contributed by atoms with Crippen molar-refractivity contribution < 1.29 is 9.59 Å². The SMILES string of the molecule is CCNC(=O)NC(=O)[C@H](C)Sc1nc2ccccc2n1CCC(C)C. The van der Waals surface area contributed by atoms with Gasteiger partial charge >= 0.3 is 6.03 Å². The van der Waals surface area contributed by atoms with Crippen molar-refractivity contribution in [1.29, 1.82) is 0 Å². The fourth-order valence-electron chi connectivity index (χ4n) is 2.38. The van der Waals surface area contributed by atoms with Gasteiger partial charge in [-0.2, -0.15) is 0 Å². The van der Waals surface area contributed by atoms with E-state index in [9.17, 15) is 9.59 Å².